The fourth-order valence-corrected chi connectivity index (χ4v) is 2.91. The van der Waals surface area contributed by atoms with Crippen molar-refractivity contribution in [3.63, 3.8) is 0 Å². The Morgan fingerprint density at radius 1 is 1.35 bits per heavy atom. The minimum absolute atomic E-state index is 0.187. The third-order valence-corrected chi connectivity index (χ3v) is 4.11. The smallest absolute Gasteiger partial charge is 0.410 e. The minimum atomic E-state index is -0.420. The molecule has 0 aliphatic carbocycles. The molecule has 1 saturated heterocycles. The molecule has 0 radical (unpaired) electrons. The molecule has 1 amide bonds. The number of rotatable bonds is 5. The molecule has 1 aromatic rings. The summed E-state index contributed by atoms with van der Waals surface area (Å²) < 4.78 is 7.75. The highest BCUT2D eigenvalue weighted by atomic mass is 16.6. The molecule has 0 spiro atoms. The van der Waals surface area contributed by atoms with Crippen molar-refractivity contribution in [2.24, 2.45) is 0 Å². The number of likely N-dealkylation sites (tertiary alicyclic amines) is 1. The number of nitrogens with one attached hydrogen (secondary N) is 1. The Bertz CT molecular complexity index is 497. The highest BCUT2D eigenvalue weighted by Gasteiger charge is 2.26. The van der Waals surface area contributed by atoms with E-state index >= 15 is 0 Å². The van der Waals surface area contributed by atoms with Crippen LogP contribution in [0.5, 0.6) is 0 Å². The predicted molar refractivity (Wildman–Crippen MR) is 92.4 cm³/mol. The maximum absolute atomic E-state index is 12.1. The Morgan fingerprint density at radius 2 is 2.04 bits per heavy atom. The summed E-state index contributed by atoms with van der Waals surface area (Å²) in [7, 11) is 0. The molecule has 1 N–H and O–H groups in total. The molecule has 2 heterocycles. The highest BCUT2D eigenvalue weighted by molar-refractivity contribution is 5.68. The lowest BCUT2D eigenvalue weighted by molar-refractivity contribution is 0.0198. The molecule has 0 aromatic carbocycles. The zero-order chi connectivity index (χ0) is 16.9. The van der Waals surface area contributed by atoms with E-state index < -0.39 is 5.60 Å². The molecular weight excluding hydrogens is 290 g/mol. The van der Waals surface area contributed by atoms with Crippen LogP contribution < -0.4 is 5.32 Å². The van der Waals surface area contributed by atoms with Crippen molar-refractivity contribution in [3.05, 3.63) is 24.0 Å². The zero-order valence-electron chi connectivity index (χ0n) is 15.0. The van der Waals surface area contributed by atoms with Gasteiger partial charge in [0.15, 0.2) is 0 Å². The van der Waals surface area contributed by atoms with E-state index in [1.54, 1.807) is 0 Å². The van der Waals surface area contributed by atoms with Gasteiger partial charge in [-0.05, 0) is 52.2 Å². The number of aromatic nitrogens is 1. The Labute approximate surface area is 140 Å². The first-order chi connectivity index (χ1) is 10.9. The van der Waals surface area contributed by atoms with Gasteiger partial charge >= 0.3 is 6.09 Å². The van der Waals surface area contributed by atoms with E-state index in [1.165, 1.54) is 5.69 Å². The summed E-state index contributed by atoms with van der Waals surface area (Å²) in [5, 5.41) is 3.63. The monoisotopic (exact) mass is 321 g/mol. The molecular formula is C18H31N3O2. The number of piperidine rings is 1. The second kappa shape index (κ2) is 7.86. The SMILES string of the molecule is CCCn1cccc1CNC1CCN(C(=O)OC(C)(C)C)CC1. The summed E-state index contributed by atoms with van der Waals surface area (Å²) >= 11 is 0. The van der Waals surface area contributed by atoms with Crippen molar-refractivity contribution < 1.29 is 9.53 Å². The summed E-state index contributed by atoms with van der Waals surface area (Å²) in [6, 6.07) is 4.76. The first-order valence-electron chi connectivity index (χ1n) is 8.74. The lowest BCUT2D eigenvalue weighted by Crippen LogP contribution is -2.46. The average Bonchev–Trinajstić information content (AvgIpc) is 2.92. The van der Waals surface area contributed by atoms with Crippen molar-refractivity contribution in [1.82, 2.24) is 14.8 Å². The topological polar surface area (TPSA) is 46.5 Å². The molecule has 5 nitrogen and oxygen atoms in total. The summed E-state index contributed by atoms with van der Waals surface area (Å²) in [5.41, 5.74) is 0.915. The molecule has 0 saturated carbocycles. The predicted octanol–water partition coefficient (Wildman–Crippen LogP) is 3.39. The number of carbonyl (C=O) groups excluding carboxylic acids is 1. The third-order valence-electron chi connectivity index (χ3n) is 4.11. The van der Waals surface area contributed by atoms with E-state index in [0.29, 0.717) is 6.04 Å². The molecule has 130 valence electrons. The van der Waals surface area contributed by atoms with Crippen LogP contribution in [0.1, 0.15) is 52.7 Å². The van der Waals surface area contributed by atoms with Crippen molar-refractivity contribution in [2.75, 3.05) is 13.1 Å². The molecule has 5 heteroatoms. The second-order valence-electron chi connectivity index (χ2n) is 7.32. The van der Waals surface area contributed by atoms with Gasteiger partial charge in [0.05, 0.1) is 0 Å². The lowest BCUT2D eigenvalue weighted by atomic mass is 10.1. The number of aryl methyl sites for hydroxylation is 1. The maximum atomic E-state index is 12.1. The number of hydrogen-bond donors (Lipinski definition) is 1. The van der Waals surface area contributed by atoms with Gasteiger partial charge in [0.1, 0.15) is 5.60 Å². The van der Waals surface area contributed by atoms with Gasteiger partial charge in [-0.15, -0.1) is 0 Å². The Morgan fingerprint density at radius 3 is 2.65 bits per heavy atom. The van der Waals surface area contributed by atoms with Crippen molar-refractivity contribution >= 4 is 6.09 Å². The van der Waals surface area contributed by atoms with Crippen molar-refractivity contribution in [1.29, 1.82) is 0 Å². The first-order valence-corrected chi connectivity index (χ1v) is 8.74. The molecule has 1 fully saturated rings. The molecule has 1 aliphatic heterocycles. The zero-order valence-corrected chi connectivity index (χ0v) is 15.0. The Kier molecular flexibility index (Phi) is 6.10. The molecule has 23 heavy (non-hydrogen) atoms. The average molecular weight is 321 g/mol. The van der Waals surface area contributed by atoms with E-state index in [-0.39, 0.29) is 6.09 Å². The van der Waals surface area contributed by atoms with Gasteiger partial charge in [-0.1, -0.05) is 6.92 Å². The van der Waals surface area contributed by atoms with Crippen LogP contribution in [0, 0.1) is 0 Å². The maximum Gasteiger partial charge on any atom is 0.410 e. The first kappa shape index (κ1) is 17.9. The number of carbonyl (C=O) groups is 1. The van der Waals surface area contributed by atoms with Gasteiger partial charge in [0.25, 0.3) is 0 Å². The van der Waals surface area contributed by atoms with Crippen LogP contribution >= 0.6 is 0 Å². The summed E-state index contributed by atoms with van der Waals surface area (Å²) in [6.45, 7) is 11.4. The van der Waals surface area contributed by atoms with Crippen LogP contribution in [0.3, 0.4) is 0 Å². The van der Waals surface area contributed by atoms with Crippen molar-refractivity contribution in [3.8, 4) is 0 Å². The third kappa shape index (κ3) is 5.57. The molecule has 0 unspecified atom stereocenters. The normalized spacial score (nSPS) is 16.6. The fourth-order valence-electron chi connectivity index (χ4n) is 2.91. The van der Waals surface area contributed by atoms with Crippen molar-refractivity contribution in [2.45, 2.75) is 71.7 Å². The van der Waals surface area contributed by atoms with Crippen LogP contribution in [-0.2, 0) is 17.8 Å². The molecule has 0 bridgehead atoms. The van der Waals surface area contributed by atoms with Crippen LogP contribution in [0.2, 0.25) is 0 Å². The molecule has 0 atom stereocenters. The van der Waals surface area contributed by atoms with Gasteiger partial charge in [-0.25, -0.2) is 4.79 Å². The van der Waals surface area contributed by atoms with E-state index in [9.17, 15) is 4.79 Å². The van der Waals surface area contributed by atoms with E-state index in [4.69, 9.17) is 4.74 Å². The number of nitrogens with zero attached hydrogens (tertiary/aromatic N) is 2. The van der Waals surface area contributed by atoms with Gasteiger partial charge in [-0.3, -0.25) is 0 Å². The largest absolute Gasteiger partial charge is 0.444 e. The van der Waals surface area contributed by atoms with E-state index in [0.717, 1.165) is 45.4 Å². The molecule has 1 aromatic heterocycles. The van der Waals surface area contributed by atoms with Gasteiger partial charge < -0.3 is 19.5 Å². The van der Waals surface area contributed by atoms with Crippen LogP contribution in [-0.4, -0.2) is 40.3 Å². The Balaban J connectivity index is 1.74. The highest BCUT2D eigenvalue weighted by Crippen LogP contribution is 2.16. The van der Waals surface area contributed by atoms with Gasteiger partial charge in [0, 0.05) is 44.1 Å². The minimum Gasteiger partial charge on any atom is -0.444 e. The number of amides is 1. The lowest BCUT2D eigenvalue weighted by Gasteiger charge is -2.33. The molecule has 2 rings (SSSR count). The summed E-state index contributed by atoms with van der Waals surface area (Å²) in [5.74, 6) is 0. The summed E-state index contributed by atoms with van der Waals surface area (Å²) in [6.07, 6.45) is 5.07. The number of ether oxygens (including phenoxy) is 1. The van der Waals surface area contributed by atoms with Gasteiger partial charge in [0.2, 0.25) is 0 Å². The van der Waals surface area contributed by atoms with Crippen LogP contribution in [0.15, 0.2) is 18.3 Å². The number of hydrogen-bond acceptors (Lipinski definition) is 3. The van der Waals surface area contributed by atoms with Crippen LogP contribution in [0.25, 0.3) is 0 Å². The fraction of sp³-hybridized carbons (Fsp3) is 0.722. The Hall–Kier alpha value is -1.49. The molecule has 1 aliphatic rings. The van der Waals surface area contributed by atoms with E-state index in [2.05, 4.69) is 35.1 Å². The second-order valence-corrected chi connectivity index (χ2v) is 7.32. The summed E-state index contributed by atoms with van der Waals surface area (Å²) in [4.78, 5) is 13.9. The van der Waals surface area contributed by atoms with E-state index in [1.807, 2.05) is 25.7 Å². The van der Waals surface area contributed by atoms with Gasteiger partial charge in [-0.2, -0.15) is 0 Å². The van der Waals surface area contributed by atoms with Crippen LogP contribution in [0.4, 0.5) is 4.79 Å². The quantitative estimate of drug-likeness (QED) is 0.904. The standard InChI is InChI=1S/C18H31N3O2/c1-5-10-20-11-6-7-16(20)14-19-15-8-12-21(13-9-15)17(22)23-18(2,3)4/h6-7,11,15,19H,5,8-10,12-14H2,1-4H3.